The highest BCUT2D eigenvalue weighted by Gasteiger charge is 2.18. The van der Waals surface area contributed by atoms with Crippen molar-refractivity contribution in [3.8, 4) is 11.5 Å². The van der Waals surface area contributed by atoms with Crippen LogP contribution in [0.1, 0.15) is 16.1 Å². The molecule has 6 nitrogen and oxygen atoms in total. The molecule has 0 aliphatic heterocycles. The summed E-state index contributed by atoms with van der Waals surface area (Å²) in [5, 5.41) is 0.601. The zero-order valence-corrected chi connectivity index (χ0v) is 13.9. The highest BCUT2D eigenvalue weighted by Crippen LogP contribution is 2.31. The summed E-state index contributed by atoms with van der Waals surface area (Å²) < 4.78 is 17.5. The molecule has 2 heterocycles. The Morgan fingerprint density at radius 3 is 2.75 bits per heavy atom. The predicted molar refractivity (Wildman–Crippen MR) is 88.9 cm³/mol. The molecule has 7 heteroatoms. The second kappa shape index (κ2) is 6.80. The Hall–Kier alpha value is -2.73. The number of aromatic nitrogens is 2. The first kappa shape index (κ1) is 16.1. The lowest BCUT2D eigenvalue weighted by Gasteiger charge is -2.11. The third-order valence-corrected chi connectivity index (χ3v) is 3.66. The SMILES string of the molecule is COc1cccc(C(=O)OCc2cn3cc(Cl)ccc3n2)c1OC. The summed E-state index contributed by atoms with van der Waals surface area (Å²) in [7, 11) is 2.98. The molecule has 0 saturated heterocycles. The van der Waals surface area contributed by atoms with Gasteiger partial charge in [-0.1, -0.05) is 17.7 Å². The van der Waals surface area contributed by atoms with Crippen LogP contribution < -0.4 is 9.47 Å². The van der Waals surface area contributed by atoms with Crippen molar-refractivity contribution in [1.82, 2.24) is 9.38 Å². The van der Waals surface area contributed by atoms with Gasteiger partial charge < -0.3 is 18.6 Å². The minimum atomic E-state index is -0.513. The van der Waals surface area contributed by atoms with Crippen molar-refractivity contribution in [2.75, 3.05) is 14.2 Å². The van der Waals surface area contributed by atoms with Crippen LogP contribution in [0.4, 0.5) is 0 Å². The summed E-state index contributed by atoms with van der Waals surface area (Å²) in [5.41, 5.74) is 1.64. The van der Waals surface area contributed by atoms with Crippen LogP contribution >= 0.6 is 11.6 Å². The number of fused-ring (bicyclic) bond motifs is 1. The maximum atomic E-state index is 12.3. The van der Waals surface area contributed by atoms with Crippen molar-refractivity contribution in [3.63, 3.8) is 0 Å². The van der Waals surface area contributed by atoms with E-state index in [2.05, 4.69) is 4.98 Å². The molecule has 3 rings (SSSR count). The number of carbonyl (C=O) groups excluding carboxylic acids is 1. The van der Waals surface area contributed by atoms with Crippen LogP contribution in [0.5, 0.6) is 11.5 Å². The molecule has 124 valence electrons. The number of benzene rings is 1. The number of hydrogen-bond acceptors (Lipinski definition) is 5. The molecule has 3 aromatic rings. The Kier molecular flexibility index (Phi) is 4.57. The zero-order chi connectivity index (χ0) is 17.1. The van der Waals surface area contributed by atoms with Crippen LogP contribution in [0, 0.1) is 0 Å². The number of imidazole rings is 1. The first-order valence-electron chi connectivity index (χ1n) is 7.13. The van der Waals surface area contributed by atoms with E-state index >= 15 is 0 Å². The van der Waals surface area contributed by atoms with E-state index in [9.17, 15) is 4.79 Å². The number of hydrogen-bond donors (Lipinski definition) is 0. The van der Waals surface area contributed by atoms with Gasteiger partial charge in [0.05, 0.1) is 24.9 Å². The van der Waals surface area contributed by atoms with Gasteiger partial charge in [-0.25, -0.2) is 9.78 Å². The lowest BCUT2D eigenvalue weighted by atomic mass is 10.2. The molecular weight excluding hydrogens is 332 g/mol. The van der Waals surface area contributed by atoms with Crippen LogP contribution in [0.2, 0.25) is 5.02 Å². The van der Waals surface area contributed by atoms with E-state index in [4.69, 9.17) is 25.8 Å². The molecule has 0 saturated carbocycles. The lowest BCUT2D eigenvalue weighted by molar-refractivity contribution is 0.0464. The van der Waals surface area contributed by atoms with Crippen LogP contribution in [0.3, 0.4) is 0 Å². The molecule has 0 aliphatic carbocycles. The first-order valence-corrected chi connectivity index (χ1v) is 7.51. The molecule has 0 bridgehead atoms. The number of methoxy groups -OCH3 is 2. The fourth-order valence-corrected chi connectivity index (χ4v) is 2.52. The maximum absolute atomic E-state index is 12.3. The average Bonchev–Trinajstić information content (AvgIpc) is 3.00. The molecule has 0 atom stereocenters. The van der Waals surface area contributed by atoms with Gasteiger partial charge in [0.2, 0.25) is 0 Å². The Bertz CT molecular complexity index is 891. The molecule has 0 spiro atoms. The van der Waals surface area contributed by atoms with Gasteiger partial charge in [0.1, 0.15) is 17.8 Å². The van der Waals surface area contributed by atoms with E-state index < -0.39 is 5.97 Å². The Balaban J connectivity index is 1.77. The molecular formula is C17H15ClN2O4. The molecule has 0 fully saturated rings. The number of esters is 1. The lowest BCUT2D eigenvalue weighted by Crippen LogP contribution is -2.08. The van der Waals surface area contributed by atoms with Crippen LogP contribution in [0.15, 0.2) is 42.7 Å². The van der Waals surface area contributed by atoms with E-state index in [1.165, 1.54) is 14.2 Å². The molecule has 24 heavy (non-hydrogen) atoms. The van der Waals surface area contributed by atoms with Gasteiger partial charge >= 0.3 is 5.97 Å². The zero-order valence-electron chi connectivity index (χ0n) is 13.2. The monoisotopic (exact) mass is 346 g/mol. The molecule has 0 unspecified atom stereocenters. The van der Waals surface area contributed by atoms with Crippen molar-refractivity contribution >= 4 is 23.2 Å². The number of para-hydroxylation sites is 1. The van der Waals surface area contributed by atoms with Gasteiger partial charge in [-0.3, -0.25) is 0 Å². The third kappa shape index (κ3) is 3.14. The highest BCUT2D eigenvalue weighted by atomic mass is 35.5. The summed E-state index contributed by atoms with van der Waals surface area (Å²) in [6.45, 7) is 0.0402. The van der Waals surface area contributed by atoms with E-state index in [0.29, 0.717) is 27.8 Å². The fraction of sp³-hybridized carbons (Fsp3) is 0.176. The minimum Gasteiger partial charge on any atom is -0.493 e. The molecule has 0 amide bonds. The van der Waals surface area contributed by atoms with Crippen molar-refractivity contribution in [2.24, 2.45) is 0 Å². The van der Waals surface area contributed by atoms with Gasteiger partial charge in [0.15, 0.2) is 11.5 Å². The van der Waals surface area contributed by atoms with E-state index in [1.54, 1.807) is 47.1 Å². The van der Waals surface area contributed by atoms with Crippen molar-refractivity contribution in [1.29, 1.82) is 0 Å². The van der Waals surface area contributed by atoms with E-state index in [0.717, 1.165) is 5.65 Å². The largest absolute Gasteiger partial charge is 0.493 e. The summed E-state index contributed by atoms with van der Waals surface area (Å²) in [5.74, 6) is 0.293. The predicted octanol–water partition coefficient (Wildman–Crippen LogP) is 3.36. The van der Waals surface area contributed by atoms with Gasteiger partial charge in [0, 0.05) is 12.4 Å². The quantitative estimate of drug-likeness (QED) is 0.663. The third-order valence-electron chi connectivity index (χ3n) is 3.44. The number of pyridine rings is 1. The fourth-order valence-electron chi connectivity index (χ4n) is 2.35. The van der Waals surface area contributed by atoms with Crippen LogP contribution in [-0.2, 0) is 11.3 Å². The Labute approximate surface area is 143 Å². The van der Waals surface area contributed by atoms with Gasteiger partial charge in [0.25, 0.3) is 0 Å². The number of nitrogens with zero attached hydrogens (tertiary/aromatic N) is 2. The number of ether oxygens (including phenoxy) is 3. The molecule has 0 radical (unpaired) electrons. The second-order valence-corrected chi connectivity index (χ2v) is 5.40. The summed E-state index contributed by atoms with van der Waals surface area (Å²) in [4.78, 5) is 16.7. The van der Waals surface area contributed by atoms with Crippen molar-refractivity contribution in [3.05, 3.63) is 59.0 Å². The maximum Gasteiger partial charge on any atom is 0.342 e. The van der Waals surface area contributed by atoms with Crippen LogP contribution in [0.25, 0.3) is 5.65 Å². The average molecular weight is 347 g/mol. The smallest absolute Gasteiger partial charge is 0.342 e. The number of carbonyl (C=O) groups is 1. The molecule has 2 aromatic heterocycles. The standard InChI is InChI=1S/C17H15ClN2O4/c1-22-14-5-3-4-13(16(14)23-2)17(21)24-10-12-9-20-8-11(18)6-7-15(20)19-12/h3-9H,10H2,1-2H3. The summed E-state index contributed by atoms with van der Waals surface area (Å²) in [6, 6.07) is 8.57. The van der Waals surface area contributed by atoms with E-state index in [1.807, 2.05) is 0 Å². The first-order chi connectivity index (χ1) is 11.6. The highest BCUT2D eigenvalue weighted by molar-refractivity contribution is 6.30. The normalized spacial score (nSPS) is 10.6. The summed E-state index contributed by atoms with van der Waals surface area (Å²) in [6.07, 6.45) is 3.50. The summed E-state index contributed by atoms with van der Waals surface area (Å²) >= 11 is 5.94. The van der Waals surface area contributed by atoms with Gasteiger partial charge in [-0.05, 0) is 24.3 Å². The molecule has 1 aromatic carbocycles. The molecule has 0 aliphatic rings. The minimum absolute atomic E-state index is 0.0402. The topological polar surface area (TPSA) is 62.1 Å². The van der Waals surface area contributed by atoms with Crippen molar-refractivity contribution in [2.45, 2.75) is 6.61 Å². The van der Waals surface area contributed by atoms with Crippen LogP contribution in [-0.4, -0.2) is 29.6 Å². The van der Waals surface area contributed by atoms with Crippen molar-refractivity contribution < 1.29 is 19.0 Å². The number of rotatable bonds is 5. The van der Waals surface area contributed by atoms with E-state index in [-0.39, 0.29) is 6.61 Å². The van der Waals surface area contributed by atoms with Gasteiger partial charge in [-0.15, -0.1) is 0 Å². The second-order valence-electron chi connectivity index (χ2n) is 4.96. The molecule has 0 N–H and O–H groups in total. The number of halogens is 1. The Morgan fingerprint density at radius 2 is 2.00 bits per heavy atom. The van der Waals surface area contributed by atoms with Gasteiger partial charge in [-0.2, -0.15) is 0 Å². The Morgan fingerprint density at radius 1 is 1.17 bits per heavy atom.